The molecule has 39 heavy (non-hydrogen) atoms. The molecule has 1 unspecified atom stereocenters. The third-order valence-electron chi connectivity index (χ3n) is 8.01. The number of fused-ring (bicyclic) bond motifs is 1. The summed E-state index contributed by atoms with van der Waals surface area (Å²) in [5.41, 5.74) is 0.631. The van der Waals surface area contributed by atoms with Gasteiger partial charge in [0, 0.05) is 12.3 Å². The van der Waals surface area contributed by atoms with Gasteiger partial charge in [0.05, 0.1) is 24.7 Å². The molecule has 0 aromatic heterocycles. The summed E-state index contributed by atoms with van der Waals surface area (Å²) in [6.07, 6.45) is 4.56. The fourth-order valence-electron chi connectivity index (χ4n) is 5.94. The van der Waals surface area contributed by atoms with Gasteiger partial charge in [0.1, 0.15) is 11.9 Å². The van der Waals surface area contributed by atoms with Gasteiger partial charge in [0.15, 0.2) is 0 Å². The van der Waals surface area contributed by atoms with Gasteiger partial charge in [0.2, 0.25) is 5.60 Å². The SMILES string of the molecule is CCCC(C)(Oc1ccccc1C)C(=O)O[C@H]1C[C@H](O)C=C2C=C[C@H](C)[C@H](CC[C@@H](O)C[C@@H](O)CC(=O)O)[C@H]21. The van der Waals surface area contributed by atoms with Crippen LogP contribution in [-0.2, 0) is 14.3 Å². The highest BCUT2D eigenvalue weighted by molar-refractivity contribution is 5.80. The van der Waals surface area contributed by atoms with Crippen LogP contribution >= 0.6 is 0 Å². The number of carbonyl (C=O) groups is 2. The Balaban J connectivity index is 1.78. The molecule has 4 N–H and O–H groups in total. The smallest absolute Gasteiger partial charge is 0.350 e. The van der Waals surface area contributed by atoms with Crippen molar-refractivity contribution < 1.29 is 39.5 Å². The molecule has 0 heterocycles. The Bertz CT molecular complexity index is 1050. The van der Waals surface area contributed by atoms with E-state index >= 15 is 0 Å². The lowest BCUT2D eigenvalue weighted by molar-refractivity contribution is -0.172. The van der Waals surface area contributed by atoms with Crippen molar-refractivity contribution in [1.29, 1.82) is 0 Å². The maximum Gasteiger partial charge on any atom is 0.350 e. The third kappa shape index (κ3) is 8.16. The first-order valence-corrected chi connectivity index (χ1v) is 14.0. The summed E-state index contributed by atoms with van der Waals surface area (Å²) < 4.78 is 12.5. The van der Waals surface area contributed by atoms with Crippen molar-refractivity contribution >= 4 is 11.9 Å². The second kappa shape index (κ2) is 13.6. The Morgan fingerprint density at radius 3 is 2.56 bits per heavy atom. The predicted molar refractivity (Wildman–Crippen MR) is 147 cm³/mol. The molecule has 3 rings (SSSR count). The van der Waals surface area contributed by atoms with E-state index < -0.39 is 48.4 Å². The van der Waals surface area contributed by atoms with E-state index in [0.29, 0.717) is 31.4 Å². The zero-order chi connectivity index (χ0) is 28.7. The van der Waals surface area contributed by atoms with Crippen LogP contribution in [0.4, 0.5) is 0 Å². The normalized spacial score (nSPS) is 27.5. The lowest BCUT2D eigenvalue weighted by Gasteiger charge is -2.43. The number of rotatable bonds is 13. The van der Waals surface area contributed by atoms with E-state index in [1.807, 2.05) is 50.3 Å². The first-order chi connectivity index (χ1) is 18.4. The number of aliphatic hydroxyl groups is 3. The Labute approximate surface area is 231 Å². The Kier molecular flexibility index (Phi) is 10.8. The monoisotopic (exact) mass is 544 g/mol. The highest BCUT2D eigenvalue weighted by Gasteiger charge is 2.45. The van der Waals surface area contributed by atoms with Crippen molar-refractivity contribution in [3.05, 3.63) is 53.6 Å². The second-order valence-electron chi connectivity index (χ2n) is 11.4. The van der Waals surface area contributed by atoms with Crippen LogP contribution in [0.3, 0.4) is 0 Å². The van der Waals surface area contributed by atoms with Gasteiger partial charge in [-0.2, -0.15) is 0 Å². The van der Waals surface area contributed by atoms with Crippen LogP contribution in [-0.4, -0.2) is 62.4 Å². The van der Waals surface area contributed by atoms with Crippen LogP contribution in [0.2, 0.25) is 0 Å². The molecule has 2 aliphatic rings. The van der Waals surface area contributed by atoms with Crippen LogP contribution in [0.25, 0.3) is 0 Å². The van der Waals surface area contributed by atoms with Crippen molar-refractivity contribution in [2.45, 2.75) is 103 Å². The van der Waals surface area contributed by atoms with Gasteiger partial charge in [-0.25, -0.2) is 4.79 Å². The Morgan fingerprint density at radius 1 is 1.18 bits per heavy atom. The number of aliphatic carboxylic acids is 1. The molecule has 0 fully saturated rings. The topological polar surface area (TPSA) is 134 Å². The molecule has 8 atom stereocenters. The van der Waals surface area contributed by atoms with E-state index in [0.717, 1.165) is 11.1 Å². The number of allylic oxidation sites excluding steroid dienone is 2. The quantitative estimate of drug-likeness (QED) is 0.270. The molecule has 8 heteroatoms. The second-order valence-corrected chi connectivity index (χ2v) is 11.4. The lowest BCUT2D eigenvalue weighted by atomic mass is 9.66. The van der Waals surface area contributed by atoms with E-state index in [2.05, 4.69) is 13.0 Å². The summed E-state index contributed by atoms with van der Waals surface area (Å²) in [7, 11) is 0. The molecule has 216 valence electrons. The van der Waals surface area contributed by atoms with E-state index in [4.69, 9.17) is 14.6 Å². The summed E-state index contributed by atoms with van der Waals surface area (Å²) in [6, 6.07) is 7.54. The van der Waals surface area contributed by atoms with Crippen LogP contribution in [0.1, 0.15) is 71.3 Å². The van der Waals surface area contributed by atoms with E-state index in [1.165, 1.54) is 0 Å². The minimum Gasteiger partial charge on any atom is -0.481 e. The number of esters is 1. The minimum absolute atomic E-state index is 0.0145. The zero-order valence-corrected chi connectivity index (χ0v) is 23.5. The van der Waals surface area contributed by atoms with E-state index in [1.54, 1.807) is 6.92 Å². The van der Waals surface area contributed by atoms with Gasteiger partial charge in [-0.05, 0) is 68.6 Å². The maximum atomic E-state index is 13.7. The Hall–Kier alpha value is -2.68. The highest BCUT2D eigenvalue weighted by atomic mass is 16.6. The first kappa shape index (κ1) is 30.9. The number of carbonyl (C=O) groups excluding carboxylic acids is 1. The highest BCUT2D eigenvalue weighted by Crippen LogP contribution is 2.44. The molecule has 0 radical (unpaired) electrons. The summed E-state index contributed by atoms with van der Waals surface area (Å²) in [5, 5.41) is 39.9. The molecule has 0 amide bonds. The summed E-state index contributed by atoms with van der Waals surface area (Å²) in [5.74, 6) is -0.970. The maximum absolute atomic E-state index is 13.7. The summed E-state index contributed by atoms with van der Waals surface area (Å²) in [4.78, 5) is 24.6. The van der Waals surface area contributed by atoms with Gasteiger partial charge >= 0.3 is 11.9 Å². The average Bonchev–Trinajstić information content (AvgIpc) is 2.84. The van der Waals surface area contributed by atoms with Gasteiger partial charge < -0.3 is 29.9 Å². The van der Waals surface area contributed by atoms with Crippen molar-refractivity contribution in [1.82, 2.24) is 0 Å². The lowest BCUT2D eigenvalue weighted by Crippen LogP contribution is -2.48. The average molecular weight is 545 g/mol. The van der Waals surface area contributed by atoms with Crippen molar-refractivity contribution in [3.8, 4) is 5.75 Å². The molecule has 0 spiro atoms. The first-order valence-electron chi connectivity index (χ1n) is 14.0. The van der Waals surface area contributed by atoms with Crippen LogP contribution in [0.15, 0.2) is 48.1 Å². The molecule has 0 aliphatic heterocycles. The number of carboxylic acid groups (broad SMARTS) is 1. The van der Waals surface area contributed by atoms with Gasteiger partial charge in [-0.1, -0.05) is 56.7 Å². The largest absolute Gasteiger partial charge is 0.481 e. The molecule has 2 aliphatic carbocycles. The van der Waals surface area contributed by atoms with Gasteiger partial charge in [-0.3, -0.25) is 4.79 Å². The number of carboxylic acids is 1. The summed E-state index contributed by atoms with van der Waals surface area (Å²) in [6.45, 7) is 7.74. The molecule has 8 nitrogen and oxygen atoms in total. The minimum atomic E-state index is -1.20. The molecule has 0 bridgehead atoms. The fourth-order valence-corrected chi connectivity index (χ4v) is 5.94. The molecule has 1 aromatic carbocycles. The molecule has 0 saturated carbocycles. The molecule has 1 aromatic rings. The number of hydrogen-bond acceptors (Lipinski definition) is 7. The van der Waals surface area contributed by atoms with Crippen LogP contribution < -0.4 is 4.74 Å². The number of benzene rings is 1. The zero-order valence-electron chi connectivity index (χ0n) is 23.5. The number of hydrogen-bond donors (Lipinski definition) is 4. The van der Waals surface area contributed by atoms with Gasteiger partial charge in [-0.15, -0.1) is 0 Å². The summed E-state index contributed by atoms with van der Waals surface area (Å²) >= 11 is 0. The molecular formula is C31H44O8. The van der Waals surface area contributed by atoms with E-state index in [9.17, 15) is 24.9 Å². The number of aliphatic hydroxyl groups excluding tert-OH is 3. The van der Waals surface area contributed by atoms with Crippen LogP contribution in [0.5, 0.6) is 5.75 Å². The number of para-hydroxylation sites is 1. The van der Waals surface area contributed by atoms with E-state index in [-0.39, 0.29) is 30.6 Å². The molecular weight excluding hydrogens is 500 g/mol. The van der Waals surface area contributed by atoms with Crippen molar-refractivity contribution in [2.24, 2.45) is 17.8 Å². The van der Waals surface area contributed by atoms with Crippen molar-refractivity contribution in [3.63, 3.8) is 0 Å². The number of aryl methyl sites for hydroxylation is 1. The van der Waals surface area contributed by atoms with Gasteiger partial charge in [0.25, 0.3) is 0 Å². The standard InChI is InChI=1S/C31H44O8/c1-5-14-31(4,39-26-9-7-6-8-20(26)3)30(37)38-27-17-23(33)15-21-11-10-19(2)25(29(21)27)13-12-22(32)16-24(34)18-28(35)36/h6-11,15,19,22-25,27,29,32-34H,5,12-14,16-18H2,1-4H3,(H,35,36)/t19-,22+,23+,24+,25-,27-,29-,31?/m0/s1. The van der Waals surface area contributed by atoms with Crippen molar-refractivity contribution in [2.75, 3.05) is 0 Å². The fraction of sp³-hybridized carbons (Fsp3) is 0.613. The third-order valence-corrected chi connectivity index (χ3v) is 8.01. The van der Waals surface area contributed by atoms with Crippen LogP contribution in [0, 0.1) is 24.7 Å². The Morgan fingerprint density at radius 2 is 1.90 bits per heavy atom. The number of ether oxygens (including phenoxy) is 2. The molecule has 0 saturated heterocycles. The predicted octanol–water partition coefficient (Wildman–Crippen LogP) is 4.34.